The lowest BCUT2D eigenvalue weighted by Crippen LogP contribution is -2.38. The molecule has 1 unspecified atom stereocenters. The Bertz CT molecular complexity index is 811. The summed E-state index contributed by atoms with van der Waals surface area (Å²) in [7, 11) is -3.94. The highest BCUT2D eigenvalue weighted by Gasteiger charge is 2.26. The predicted molar refractivity (Wildman–Crippen MR) is 85.4 cm³/mol. The van der Waals surface area contributed by atoms with Crippen LogP contribution in [-0.4, -0.2) is 25.1 Å². The first-order valence-corrected chi connectivity index (χ1v) is 8.65. The first kappa shape index (κ1) is 18.1. The molecule has 1 atom stereocenters. The Hall–Kier alpha value is -1.25. The van der Waals surface area contributed by atoms with Gasteiger partial charge in [-0.25, -0.2) is 22.5 Å². The second-order valence-electron chi connectivity index (χ2n) is 5.05. The largest absolute Gasteiger partial charge is 0.384 e. The number of hydrogen-bond donors (Lipinski definition) is 2. The molecule has 0 saturated carbocycles. The van der Waals surface area contributed by atoms with Crippen molar-refractivity contribution in [2.75, 3.05) is 6.54 Å². The Balaban J connectivity index is 2.17. The summed E-state index contributed by atoms with van der Waals surface area (Å²) in [5.41, 5.74) is -1.15. The highest BCUT2D eigenvalue weighted by molar-refractivity contribution is 7.89. The Morgan fingerprint density at radius 3 is 2.48 bits per heavy atom. The fraction of sp³-hybridized carbons (Fsp3) is 0.214. The first-order chi connectivity index (χ1) is 10.6. The maximum Gasteiger partial charge on any atom is 0.242 e. The van der Waals surface area contributed by atoms with Gasteiger partial charge in [0.05, 0.1) is 5.02 Å². The zero-order valence-corrected chi connectivity index (χ0v) is 14.3. The van der Waals surface area contributed by atoms with Crippen molar-refractivity contribution in [2.24, 2.45) is 0 Å². The summed E-state index contributed by atoms with van der Waals surface area (Å²) in [6.07, 6.45) is 1.06. The molecule has 5 nitrogen and oxygen atoms in total. The van der Waals surface area contributed by atoms with Crippen molar-refractivity contribution in [3.63, 3.8) is 0 Å². The Kier molecular flexibility index (Phi) is 5.27. The van der Waals surface area contributed by atoms with Gasteiger partial charge in [0, 0.05) is 12.7 Å². The van der Waals surface area contributed by atoms with E-state index in [0.29, 0.717) is 5.56 Å². The SMILES string of the molecule is CC(O)(CNS(=O)(=O)c1cnc(Cl)c(Cl)c1)c1ccc(F)cc1. The normalized spacial score (nSPS) is 14.5. The lowest BCUT2D eigenvalue weighted by atomic mass is 9.96. The van der Waals surface area contributed by atoms with Crippen molar-refractivity contribution in [1.82, 2.24) is 9.71 Å². The van der Waals surface area contributed by atoms with Crippen LogP contribution in [0.15, 0.2) is 41.4 Å². The van der Waals surface area contributed by atoms with Gasteiger partial charge in [-0.3, -0.25) is 0 Å². The highest BCUT2D eigenvalue weighted by Crippen LogP contribution is 2.24. The highest BCUT2D eigenvalue weighted by atomic mass is 35.5. The number of benzene rings is 1. The average Bonchev–Trinajstić information content (AvgIpc) is 2.48. The minimum Gasteiger partial charge on any atom is -0.384 e. The molecule has 2 rings (SSSR count). The first-order valence-electron chi connectivity index (χ1n) is 6.41. The van der Waals surface area contributed by atoms with E-state index in [2.05, 4.69) is 9.71 Å². The van der Waals surface area contributed by atoms with Crippen LogP contribution in [0.25, 0.3) is 0 Å². The number of nitrogens with zero attached hydrogens (tertiary/aromatic N) is 1. The third kappa shape index (κ3) is 4.39. The fourth-order valence-electron chi connectivity index (χ4n) is 1.78. The van der Waals surface area contributed by atoms with Gasteiger partial charge in [0.1, 0.15) is 21.5 Å². The van der Waals surface area contributed by atoms with Crippen LogP contribution in [0.5, 0.6) is 0 Å². The van der Waals surface area contributed by atoms with Gasteiger partial charge >= 0.3 is 0 Å². The molecule has 1 aromatic carbocycles. The topological polar surface area (TPSA) is 79.3 Å². The molecule has 0 fully saturated rings. The zero-order chi connectivity index (χ0) is 17.3. The van der Waals surface area contributed by atoms with Crippen LogP contribution in [0.2, 0.25) is 10.2 Å². The molecule has 23 heavy (non-hydrogen) atoms. The van der Waals surface area contributed by atoms with Crippen LogP contribution in [0.4, 0.5) is 4.39 Å². The quantitative estimate of drug-likeness (QED) is 0.783. The second kappa shape index (κ2) is 6.70. The van der Waals surface area contributed by atoms with E-state index in [1.807, 2.05) is 0 Å². The third-order valence-electron chi connectivity index (χ3n) is 3.15. The standard InChI is InChI=1S/C14H13Cl2FN2O3S/c1-14(20,9-2-4-10(17)5-3-9)8-19-23(21,22)11-6-12(15)13(16)18-7-11/h2-7,19-20H,8H2,1H3. The molecule has 0 bridgehead atoms. The molecule has 0 saturated heterocycles. The van der Waals surface area contributed by atoms with Crippen molar-refractivity contribution in [3.05, 3.63) is 58.1 Å². The molecule has 2 aromatic rings. The molecular formula is C14H13Cl2FN2O3S. The Morgan fingerprint density at radius 1 is 1.30 bits per heavy atom. The Morgan fingerprint density at radius 2 is 1.91 bits per heavy atom. The lowest BCUT2D eigenvalue weighted by molar-refractivity contribution is 0.0627. The molecule has 9 heteroatoms. The number of hydrogen-bond acceptors (Lipinski definition) is 4. The van der Waals surface area contributed by atoms with Crippen LogP contribution < -0.4 is 4.72 Å². The van der Waals surface area contributed by atoms with E-state index in [9.17, 15) is 17.9 Å². The monoisotopic (exact) mass is 378 g/mol. The van der Waals surface area contributed by atoms with Crippen LogP contribution >= 0.6 is 23.2 Å². The smallest absolute Gasteiger partial charge is 0.242 e. The number of aliphatic hydroxyl groups is 1. The predicted octanol–water partition coefficient (Wildman–Crippen LogP) is 2.71. The summed E-state index contributed by atoms with van der Waals surface area (Å²) < 4.78 is 39.6. The average molecular weight is 379 g/mol. The molecule has 0 radical (unpaired) electrons. The van der Waals surface area contributed by atoms with Crippen molar-refractivity contribution in [1.29, 1.82) is 0 Å². The van der Waals surface area contributed by atoms with E-state index in [1.54, 1.807) is 0 Å². The van der Waals surface area contributed by atoms with Gasteiger partial charge in [-0.2, -0.15) is 0 Å². The number of aromatic nitrogens is 1. The van der Waals surface area contributed by atoms with E-state index in [0.717, 1.165) is 12.3 Å². The van der Waals surface area contributed by atoms with Crippen molar-refractivity contribution >= 4 is 33.2 Å². The van der Waals surface area contributed by atoms with Gasteiger partial charge in [0.25, 0.3) is 0 Å². The molecule has 1 heterocycles. The zero-order valence-electron chi connectivity index (χ0n) is 11.9. The fourth-order valence-corrected chi connectivity index (χ4v) is 3.22. The van der Waals surface area contributed by atoms with Gasteiger partial charge in [0.2, 0.25) is 10.0 Å². The van der Waals surface area contributed by atoms with Gasteiger partial charge < -0.3 is 5.11 Å². The molecule has 124 valence electrons. The number of nitrogens with one attached hydrogen (secondary N) is 1. The molecular weight excluding hydrogens is 366 g/mol. The summed E-state index contributed by atoms with van der Waals surface area (Å²) in [6.45, 7) is 1.09. The Labute approximate surface area is 143 Å². The van der Waals surface area contributed by atoms with Crippen LogP contribution in [-0.2, 0) is 15.6 Å². The lowest BCUT2D eigenvalue weighted by Gasteiger charge is -2.24. The summed E-state index contributed by atoms with van der Waals surface area (Å²) in [6, 6.07) is 6.28. The van der Waals surface area contributed by atoms with Crippen LogP contribution in [0.1, 0.15) is 12.5 Å². The molecule has 0 spiro atoms. The van der Waals surface area contributed by atoms with Gasteiger partial charge in [-0.05, 0) is 30.7 Å². The van der Waals surface area contributed by atoms with E-state index >= 15 is 0 Å². The van der Waals surface area contributed by atoms with Gasteiger partial charge in [0.15, 0.2) is 0 Å². The molecule has 0 aliphatic carbocycles. The number of pyridine rings is 1. The summed E-state index contributed by atoms with van der Waals surface area (Å²) in [5.74, 6) is -0.452. The summed E-state index contributed by atoms with van der Waals surface area (Å²) >= 11 is 11.4. The maximum absolute atomic E-state index is 12.9. The second-order valence-corrected chi connectivity index (χ2v) is 7.58. The van der Waals surface area contributed by atoms with E-state index in [4.69, 9.17) is 23.2 Å². The number of rotatable bonds is 5. The number of halogens is 3. The number of sulfonamides is 1. The minimum atomic E-state index is -3.94. The van der Waals surface area contributed by atoms with Crippen LogP contribution in [0, 0.1) is 5.82 Å². The van der Waals surface area contributed by atoms with Crippen molar-refractivity contribution in [2.45, 2.75) is 17.4 Å². The summed E-state index contributed by atoms with van der Waals surface area (Å²) in [5, 5.41) is 10.4. The molecule has 0 aliphatic heterocycles. The minimum absolute atomic E-state index is 0.000151. The molecule has 2 N–H and O–H groups in total. The third-order valence-corrected chi connectivity index (χ3v) is 5.21. The molecule has 0 aliphatic rings. The van der Waals surface area contributed by atoms with Crippen LogP contribution in [0.3, 0.4) is 0 Å². The van der Waals surface area contributed by atoms with Gasteiger partial charge in [-0.1, -0.05) is 35.3 Å². The maximum atomic E-state index is 12.9. The molecule has 1 aromatic heterocycles. The van der Waals surface area contributed by atoms with Gasteiger partial charge in [-0.15, -0.1) is 0 Å². The molecule has 0 amide bonds. The van der Waals surface area contributed by atoms with E-state index < -0.39 is 21.4 Å². The van der Waals surface area contributed by atoms with E-state index in [-0.39, 0.29) is 21.6 Å². The summed E-state index contributed by atoms with van der Waals surface area (Å²) in [4.78, 5) is 3.49. The van der Waals surface area contributed by atoms with Crippen molar-refractivity contribution < 1.29 is 17.9 Å². The van der Waals surface area contributed by atoms with E-state index in [1.165, 1.54) is 31.2 Å². The van der Waals surface area contributed by atoms with Crippen molar-refractivity contribution in [3.8, 4) is 0 Å².